The average Bonchev–Trinajstić information content (AvgIpc) is 4.05. The molecule has 64 heavy (non-hydrogen) atoms. The molecule has 1 aliphatic heterocycles. The Hall–Kier alpha value is -5.04. The fraction of sp³-hybridized carbons (Fsp3) is 0.478. The molecule has 0 atom stereocenters. The molecule has 8 aromatic rings. The number of halogens is 2. The van der Waals surface area contributed by atoms with E-state index >= 15 is 0 Å². The number of fused-ring (bicyclic) bond motifs is 4. The monoisotopic (exact) mass is 998 g/mol. The first kappa shape index (κ1) is 45.5. The second-order valence-electron chi connectivity index (χ2n) is 17.5. The van der Waals surface area contributed by atoms with Gasteiger partial charge in [0.15, 0.2) is 11.3 Å². The number of hydrogen-bond acceptors (Lipinski definition) is 10. The number of aryl methyl sites for hydroxylation is 2. The minimum Gasteiger partial charge on any atom is -0.388 e. The highest BCUT2D eigenvalue weighted by atomic mass is 79.9. The summed E-state index contributed by atoms with van der Waals surface area (Å²) in [5.41, 5.74) is 7.01. The third-order valence-corrected chi connectivity index (χ3v) is 12.4. The van der Waals surface area contributed by atoms with Crippen molar-refractivity contribution in [2.24, 2.45) is 11.8 Å². The number of nitrogens with zero attached hydrogens (tertiary/aromatic N) is 11. The lowest BCUT2D eigenvalue weighted by atomic mass is 10.1. The van der Waals surface area contributed by atoms with Gasteiger partial charge in [-0.1, -0.05) is 27.7 Å². The van der Waals surface area contributed by atoms with Gasteiger partial charge in [-0.05, 0) is 119 Å². The summed E-state index contributed by atoms with van der Waals surface area (Å²) >= 11 is 6.86. The van der Waals surface area contributed by atoms with Crippen LogP contribution in [0.1, 0.15) is 103 Å². The van der Waals surface area contributed by atoms with Crippen LogP contribution in [0.4, 0.5) is 0 Å². The Morgan fingerprint density at radius 1 is 0.719 bits per heavy atom. The molecule has 0 spiro atoms. The van der Waals surface area contributed by atoms with Gasteiger partial charge in [-0.3, -0.25) is 23.7 Å². The van der Waals surface area contributed by atoms with Crippen LogP contribution in [0, 0.1) is 11.8 Å². The number of aliphatic hydroxyl groups is 1. The number of nitrogens with one attached hydrogen (secondary N) is 1. The van der Waals surface area contributed by atoms with Gasteiger partial charge in [0.25, 0.3) is 0 Å². The van der Waals surface area contributed by atoms with Crippen molar-refractivity contribution >= 4 is 76.3 Å². The van der Waals surface area contributed by atoms with E-state index in [2.05, 4.69) is 94.0 Å². The summed E-state index contributed by atoms with van der Waals surface area (Å²) in [6.45, 7) is 12.8. The number of rotatable bonds is 11. The van der Waals surface area contributed by atoms with E-state index in [1.165, 1.54) is 12.8 Å². The van der Waals surface area contributed by atoms with E-state index in [1.807, 2.05) is 42.5 Å². The van der Waals surface area contributed by atoms with E-state index in [0.29, 0.717) is 36.3 Å². The van der Waals surface area contributed by atoms with Gasteiger partial charge in [0, 0.05) is 72.1 Å². The lowest BCUT2D eigenvalue weighted by Gasteiger charge is -2.11. The summed E-state index contributed by atoms with van der Waals surface area (Å²) in [5, 5.41) is 9.33. The quantitative estimate of drug-likeness (QED) is 0.127. The van der Waals surface area contributed by atoms with Crippen LogP contribution in [0.3, 0.4) is 0 Å². The van der Waals surface area contributed by atoms with Crippen molar-refractivity contribution in [3.05, 3.63) is 103 Å². The van der Waals surface area contributed by atoms with E-state index < -0.39 is 0 Å². The molecule has 0 radical (unpaired) electrons. The Labute approximate surface area is 387 Å². The van der Waals surface area contributed by atoms with Gasteiger partial charge in [0.1, 0.15) is 29.3 Å². The normalized spacial score (nSPS) is 14.9. The van der Waals surface area contributed by atoms with Crippen LogP contribution >= 0.6 is 31.9 Å². The third-order valence-electron chi connectivity index (χ3n) is 11.5. The molecule has 0 aromatic carbocycles. The molecule has 0 unspecified atom stereocenters. The van der Waals surface area contributed by atoms with Gasteiger partial charge in [0.05, 0.1) is 41.0 Å². The van der Waals surface area contributed by atoms with Crippen molar-refractivity contribution in [2.75, 3.05) is 13.2 Å². The van der Waals surface area contributed by atoms with Gasteiger partial charge in [-0.25, -0.2) is 29.5 Å². The zero-order chi connectivity index (χ0) is 44.9. The molecule has 1 saturated heterocycles. The molecule has 2 saturated carbocycles. The number of aliphatic hydroxyl groups excluding tert-OH is 1. The van der Waals surface area contributed by atoms with E-state index in [0.717, 1.165) is 124 Å². The molecule has 9 heterocycles. The highest BCUT2D eigenvalue weighted by molar-refractivity contribution is 9.10. The standard InChI is InChI=1S/C21H23BrN6O.C12H16BrN3O.C9H9N3O.C4H8O/c1-13(2)6-8-26-19(25-16-9-14(22)10-24-20(16)26)12-27-18-11-23-7-5-17(18)28(21(27)29)15-3-4-15;1-8(2)3-4-16-11(7-17)15-10-5-9(13)6-14-12(10)16;13-9-11-7-5-10-4-3-8(7)12(9)6-1-2-6;1-2-4-5-3-1/h5,7,9-11,13,15H,3-4,6,8,12H2,1-2H3;5-6,8,17H,3-4,7H2,1-2H3;3-6H,1-2H2,(H,11,13);1-4H2. The zero-order valence-electron chi connectivity index (χ0n) is 36.8. The first-order chi connectivity index (χ1) is 31.0. The van der Waals surface area contributed by atoms with Crippen LogP contribution in [0.15, 0.2) is 80.0 Å². The average molecular weight is 1000 g/mol. The highest BCUT2D eigenvalue weighted by Gasteiger charge is 2.30. The molecule has 3 aliphatic rings. The molecule has 8 aromatic heterocycles. The number of H-pyrrole nitrogens is 1. The molecule has 0 bridgehead atoms. The largest absolute Gasteiger partial charge is 0.388 e. The summed E-state index contributed by atoms with van der Waals surface area (Å²) in [6, 6.07) is 8.45. The SMILES string of the molecule is C1CCOC1.CC(C)CCn1c(CO)nc2cc(Br)cnc21.CC(C)CCn1c(Cn2c(=O)n(C3CC3)c3ccncc32)nc2cc(Br)cnc21.O=c1[nH]c2cnccc2n1C1CC1. The van der Waals surface area contributed by atoms with Crippen molar-refractivity contribution in [2.45, 2.75) is 117 Å². The maximum absolute atomic E-state index is 13.3. The second kappa shape index (κ2) is 20.4. The third kappa shape index (κ3) is 10.6. The lowest BCUT2D eigenvalue weighted by molar-refractivity contribution is 0.198. The molecule has 16 nitrogen and oxygen atoms in total. The van der Waals surface area contributed by atoms with Crippen molar-refractivity contribution in [1.29, 1.82) is 0 Å². The van der Waals surface area contributed by atoms with Crippen LogP contribution in [0.2, 0.25) is 0 Å². The molecule has 2 N–H and O–H groups in total. The van der Waals surface area contributed by atoms with Crippen LogP contribution in [-0.4, -0.2) is 76.0 Å². The fourth-order valence-corrected chi connectivity index (χ4v) is 8.48. The number of pyridine rings is 4. The maximum atomic E-state index is 13.3. The smallest absolute Gasteiger partial charge is 0.329 e. The molecular weight excluding hydrogens is 944 g/mol. The van der Waals surface area contributed by atoms with Crippen LogP contribution in [-0.2, 0) is 31.0 Å². The fourth-order valence-electron chi connectivity index (χ4n) is 7.84. The van der Waals surface area contributed by atoms with Gasteiger partial charge in [0.2, 0.25) is 0 Å². The molecule has 18 heteroatoms. The Bertz CT molecular complexity index is 2960. The van der Waals surface area contributed by atoms with Crippen molar-refractivity contribution in [3.8, 4) is 0 Å². The lowest BCUT2D eigenvalue weighted by Crippen LogP contribution is -2.25. The molecule has 3 fully saturated rings. The topological polar surface area (TPSA) is 181 Å². The molecule has 0 amide bonds. The number of ether oxygens (including phenoxy) is 1. The van der Waals surface area contributed by atoms with E-state index in [-0.39, 0.29) is 18.0 Å². The number of aromatic amines is 1. The van der Waals surface area contributed by atoms with Gasteiger partial charge in [-0.2, -0.15) is 0 Å². The molecule has 2 aliphatic carbocycles. The summed E-state index contributed by atoms with van der Waals surface area (Å²) in [6.07, 6.45) is 19.5. The molecule has 11 rings (SSSR count). The van der Waals surface area contributed by atoms with Gasteiger partial charge >= 0.3 is 11.4 Å². The predicted molar refractivity (Wildman–Crippen MR) is 255 cm³/mol. The number of hydrogen-bond donors (Lipinski definition) is 2. The summed E-state index contributed by atoms with van der Waals surface area (Å²) in [5.74, 6) is 2.73. The predicted octanol–water partition coefficient (Wildman–Crippen LogP) is 8.72. The Morgan fingerprint density at radius 2 is 1.27 bits per heavy atom. The van der Waals surface area contributed by atoms with Crippen molar-refractivity contribution in [3.63, 3.8) is 0 Å². The first-order valence-electron chi connectivity index (χ1n) is 22.3. The first-order valence-corrected chi connectivity index (χ1v) is 23.9. The highest BCUT2D eigenvalue weighted by Crippen LogP contribution is 2.37. The Kier molecular flexibility index (Phi) is 14.5. The van der Waals surface area contributed by atoms with Gasteiger partial charge < -0.3 is 24.0 Å². The van der Waals surface area contributed by atoms with Crippen LogP contribution in [0.25, 0.3) is 44.4 Å². The van der Waals surface area contributed by atoms with Gasteiger partial charge in [-0.15, -0.1) is 0 Å². The summed E-state index contributed by atoms with van der Waals surface area (Å²) in [4.78, 5) is 54.0. The van der Waals surface area contributed by atoms with Crippen LogP contribution in [0.5, 0.6) is 0 Å². The zero-order valence-corrected chi connectivity index (χ0v) is 40.0. The maximum Gasteiger partial charge on any atom is 0.329 e. The van der Waals surface area contributed by atoms with E-state index in [4.69, 9.17) is 9.72 Å². The minimum absolute atomic E-state index is 0.00880. The van der Waals surface area contributed by atoms with Crippen molar-refractivity contribution in [1.82, 2.24) is 57.7 Å². The molecule has 338 valence electrons. The summed E-state index contributed by atoms with van der Waals surface area (Å²) < 4.78 is 16.5. The number of aromatic nitrogens is 12. The van der Waals surface area contributed by atoms with Crippen LogP contribution < -0.4 is 11.4 Å². The Balaban J connectivity index is 0.000000134. The van der Waals surface area contributed by atoms with E-state index in [9.17, 15) is 14.7 Å². The van der Waals surface area contributed by atoms with E-state index in [1.54, 1.807) is 37.2 Å². The van der Waals surface area contributed by atoms with Crippen molar-refractivity contribution < 1.29 is 9.84 Å². The minimum atomic E-state index is -0.0495. The molecular formula is C46H56Br2N12O4. The Morgan fingerprint density at radius 3 is 1.81 bits per heavy atom. The second-order valence-corrected chi connectivity index (χ2v) is 19.3. The summed E-state index contributed by atoms with van der Waals surface area (Å²) in [7, 11) is 0. The number of imidazole rings is 4.